The number of hydrogen-bond acceptors (Lipinski definition) is 6. The highest BCUT2D eigenvalue weighted by atomic mass is 16.6. The van der Waals surface area contributed by atoms with Gasteiger partial charge in [0.1, 0.15) is 13.2 Å². The molecule has 0 aromatic heterocycles. The molecule has 0 saturated heterocycles. The number of hydrogen-bond donors (Lipinski definition) is 0. The normalized spacial score (nSPS) is 12.7. The summed E-state index contributed by atoms with van der Waals surface area (Å²) in [5.41, 5.74) is 0. The van der Waals surface area contributed by atoms with Crippen LogP contribution in [-0.2, 0) is 28.6 Å². The van der Waals surface area contributed by atoms with Gasteiger partial charge in [-0.1, -0.05) is 228 Å². The van der Waals surface area contributed by atoms with E-state index in [-0.39, 0.29) is 31.1 Å². The fourth-order valence-corrected chi connectivity index (χ4v) is 7.38. The average molecular weight is 905 g/mol. The van der Waals surface area contributed by atoms with Gasteiger partial charge in [-0.2, -0.15) is 0 Å². The Labute approximate surface area is 401 Å². The molecule has 0 rings (SSSR count). The average Bonchev–Trinajstić information content (AvgIpc) is 3.30. The Morgan fingerprint density at radius 3 is 1.02 bits per heavy atom. The van der Waals surface area contributed by atoms with Crippen molar-refractivity contribution < 1.29 is 28.6 Å². The summed E-state index contributed by atoms with van der Waals surface area (Å²) in [5.74, 6) is -0.951. The lowest BCUT2D eigenvalue weighted by Gasteiger charge is -2.18. The molecule has 0 aliphatic heterocycles. The standard InChI is InChI=1S/C59H100O6/c1-4-7-10-13-16-19-22-25-28-29-30-32-34-37-40-43-46-49-52-58(61)64-55-56(54-63-57(60)51-48-45-42-39-36-33-27-24-21-18-15-12-9-6-3)65-59(62)53-50-47-44-41-38-35-31-26-23-20-17-14-11-8-5-2/h8,11,14,17,20,23,26,28-33,36,56H,4-7,9-10,12-13,15-16,18-19,21-22,24-25,27,34-35,37-55H2,1-3H3/b11-8-,17-14-,23-20-,29-28-,31-26-,32-30-,36-33-. The van der Waals surface area contributed by atoms with Crippen LogP contribution in [0.4, 0.5) is 0 Å². The third-order valence-electron chi connectivity index (χ3n) is 11.5. The Morgan fingerprint density at radius 1 is 0.323 bits per heavy atom. The Morgan fingerprint density at radius 2 is 0.615 bits per heavy atom. The van der Waals surface area contributed by atoms with Crippen molar-refractivity contribution in [3.05, 3.63) is 85.1 Å². The van der Waals surface area contributed by atoms with Crippen LogP contribution in [0.3, 0.4) is 0 Å². The van der Waals surface area contributed by atoms with Gasteiger partial charge in [-0.15, -0.1) is 0 Å². The summed E-state index contributed by atoms with van der Waals surface area (Å²) in [4.78, 5) is 38.0. The smallest absolute Gasteiger partial charge is 0.306 e. The molecule has 0 aliphatic carbocycles. The van der Waals surface area contributed by atoms with Gasteiger partial charge >= 0.3 is 17.9 Å². The quantitative estimate of drug-likeness (QED) is 0.0199. The van der Waals surface area contributed by atoms with E-state index in [9.17, 15) is 14.4 Å². The molecule has 0 amide bonds. The molecular formula is C59H100O6. The molecule has 0 radical (unpaired) electrons. The molecule has 0 aromatic rings. The highest BCUT2D eigenvalue weighted by Gasteiger charge is 2.19. The molecule has 1 atom stereocenters. The molecule has 1 unspecified atom stereocenters. The van der Waals surface area contributed by atoms with Gasteiger partial charge in [-0.3, -0.25) is 14.4 Å². The van der Waals surface area contributed by atoms with Gasteiger partial charge in [0.25, 0.3) is 0 Å². The first-order chi connectivity index (χ1) is 32.0. The number of unbranched alkanes of at least 4 members (excludes halogenated alkanes) is 27. The maximum Gasteiger partial charge on any atom is 0.306 e. The van der Waals surface area contributed by atoms with E-state index >= 15 is 0 Å². The van der Waals surface area contributed by atoms with E-state index in [4.69, 9.17) is 14.2 Å². The van der Waals surface area contributed by atoms with Gasteiger partial charge in [-0.25, -0.2) is 0 Å². The van der Waals surface area contributed by atoms with Gasteiger partial charge in [0.05, 0.1) is 0 Å². The third kappa shape index (κ3) is 51.4. The molecule has 0 aliphatic rings. The summed E-state index contributed by atoms with van der Waals surface area (Å²) in [6.07, 6.45) is 68.5. The maximum atomic E-state index is 12.8. The predicted molar refractivity (Wildman–Crippen MR) is 279 cm³/mol. The zero-order chi connectivity index (χ0) is 47.2. The highest BCUT2D eigenvalue weighted by Crippen LogP contribution is 2.14. The van der Waals surface area contributed by atoms with Crippen LogP contribution >= 0.6 is 0 Å². The molecule has 65 heavy (non-hydrogen) atoms. The lowest BCUT2D eigenvalue weighted by molar-refractivity contribution is -0.167. The summed E-state index contributed by atoms with van der Waals surface area (Å²) in [6.45, 7) is 6.45. The van der Waals surface area contributed by atoms with Crippen LogP contribution in [0.2, 0.25) is 0 Å². The van der Waals surface area contributed by atoms with E-state index in [1.54, 1.807) is 0 Å². The lowest BCUT2D eigenvalue weighted by Crippen LogP contribution is -2.30. The minimum Gasteiger partial charge on any atom is -0.462 e. The van der Waals surface area contributed by atoms with E-state index in [1.165, 1.54) is 96.3 Å². The Kier molecular flexibility index (Phi) is 50.4. The summed E-state index contributed by atoms with van der Waals surface area (Å²) < 4.78 is 16.8. The van der Waals surface area contributed by atoms with Crippen molar-refractivity contribution in [2.45, 2.75) is 258 Å². The van der Waals surface area contributed by atoms with Crippen molar-refractivity contribution in [3.8, 4) is 0 Å². The molecule has 0 saturated carbocycles. The summed E-state index contributed by atoms with van der Waals surface area (Å²) in [6, 6.07) is 0. The molecule has 0 fully saturated rings. The predicted octanol–water partition coefficient (Wildman–Crippen LogP) is 18.0. The second kappa shape index (κ2) is 53.2. The topological polar surface area (TPSA) is 78.9 Å². The van der Waals surface area contributed by atoms with Crippen molar-refractivity contribution in [1.29, 1.82) is 0 Å². The van der Waals surface area contributed by atoms with Crippen molar-refractivity contribution in [2.24, 2.45) is 0 Å². The second-order valence-corrected chi connectivity index (χ2v) is 17.9. The van der Waals surface area contributed by atoms with E-state index < -0.39 is 6.10 Å². The molecule has 0 bridgehead atoms. The molecular weight excluding hydrogens is 805 g/mol. The molecule has 372 valence electrons. The first-order valence-electron chi connectivity index (χ1n) is 27.2. The van der Waals surface area contributed by atoms with Crippen LogP contribution < -0.4 is 0 Å². The van der Waals surface area contributed by atoms with Crippen molar-refractivity contribution >= 4 is 17.9 Å². The molecule has 0 aromatic carbocycles. The zero-order valence-corrected chi connectivity index (χ0v) is 42.5. The summed E-state index contributed by atoms with van der Waals surface area (Å²) in [5, 5.41) is 0. The second-order valence-electron chi connectivity index (χ2n) is 17.9. The van der Waals surface area contributed by atoms with Crippen LogP contribution in [0.5, 0.6) is 0 Å². The highest BCUT2D eigenvalue weighted by molar-refractivity contribution is 5.71. The molecule has 6 nitrogen and oxygen atoms in total. The van der Waals surface area contributed by atoms with Crippen LogP contribution in [0, 0.1) is 0 Å². The van der Waals surface area contributed by atoms with Crippen LogP contribution in [-0.4, -0.2) is 37.2 Å². The van der Waals surface area contributed by atoms with E-state index in [1.807, 2.05) is 18.2 Å². The first-order valence-corrected chi connectivity index (χ1v) is 27.2. The van der Waals surface area contributed by atoms with Gasteiger partial charge in [0, 0.05) is 19.3 Å². The van der Waals surface area contributed by atoms with Gasteiger partial charge in [0.15, 0.2) is 6.10 Å². The van der Waals surface area contributed by atoms with Crippen LogP contribution in [0.15, 0.2) is 85.1 Å². The Bertz CT molecular complexity index is 1270. The molecule has 6 heteroatoms. The third-order valence-corrected chi connectivity index (χ3v) is 11.5. The summed E-state index contributed by atoms with van der Waals surface area (Å²) >= 11 is 0. The Balaban J connectivity index is 4.46. The van der Waals surface area contributed by atoms with E-state index in [0.717, 1.165) is 116 Å². The Hall–Kier alpha value is -3.41. The lowest BCUT2D eigenvalue weighted by atomic mass is 10.1. The number of ether oxygens (including phenoxy) is 3. The van der Waals surface area contributed by atoms with Gasteiger partial charge in [-0.05, 0) is 89.9 Å². The maximum absolute atomic E-state index is 12.8. The minimum atomic E-state index is -0.802. The summed E-state index contributed by atoms with van der Waals surface area (Å²) in [7, 11) is 0. The molecule has 0 heterocycles. The number of rotatable bonds is 48. The van der Waals surface area contributed by atoms with Gasteiger partial charge in [0.2, 0.25) is 0 Å². The SMILES string of the molecule is CC\C=C/C=C\C=C/C=C\CCCCCCCC(=O)OC(COC(=O)CCCCC/C=C\CCCCCCCCC)COC(=O)CCCCCCC/C=C\C=C/CCCCCCCCC. The number of esters is 3. The first kappa shape index (κ1) is 61.6. The number of carbonyl (C=O) groups is 3. The van der Waals surface area contributed by atoms with E-state index in [0.29, 0.717) is 19.3 Å². The minimum absolute atomic E-state index is 0.0994. The fraction of sp³-hybridized carbons (Fsp3) is 0.712. The van der Waals surface area contributed by atoms with Crippen molar-refractivity contribution in [2.75, 3.05) is 13.2 Å². The van der Waals surface area contributed by atoms with E-state index in [2.05, 4.69) is 87.6 Å². The zero-order valence-electron chi connectivity index (χ0n) is 42.5. The van der Waals surface area contributed by atoms with Crippen molar-refractivity contribution in [3.63, 3.8) is 0 Å². The van der Waals surface area contributed by atoms with Gasteiger partial charge < -0.3 is 14.2 Å². The number of allylic oxidation sites excluding steroid dienone is 14. The number of carbonyl (C=O) groups excluding carboxylic acids is 3. The van der Waals surface area contributed by atoms with Crippen LogP contribution in [0.25, 0.3) is 0 Å². The molecule has 0 N–H and O–H groups in total. The largest absolute Gasteiger partial charge is 0.462 e. The molecule has 0 spiro atoms. The fourth-order valence-electron chi connectivity index (χ4n) is 7.38. The van der Waals surface area contributed by atoms with Crippen LogP contribution in [0.1, 0.15) is 252 Å². The van der Waals surface area contributed by atoms with Crippen molar-refractivity contribution in [1.82, 2.24) is 0 Å². The monoisotopic (exact) mass is 905 g/mol.